The average Bonchev–Trinajstić information content (AvgIpc) is 2.86. The van der Waals surface area contributed by atoms with Gasteiger partial charge in [0.25, 0.3) is 0 Å². The number of amides is 2. The van der Waals surface area contributed by atoms with E-state index in [1.807, 2.05) is 0 Å². The predicted molar refractivity (Wildman–Crippen MR) is 132 cm³/mol. The van der Waals surface area contributed by atoms with Crippen LogP contribution in [0.4, 0.5) is 54.8 Å². The number of rotatable bonds is 6. The first kappa shape index (κ1) is 32.9. The van der Waals surface area contributed by atoms with Gasteiger partial charge in [-0.05, 0) is 66.8 Å². The van der Waals surface area contributed by atoms with E-state index < -0.39 is 78.1 Å². The average molecular weight is 615 g/mol. The molecule has 1 N–H and O–H groups in total. The zero-order chi connectivity index (χ0) is 31.6. The van der Waals surface area contributed by atoms with Crippen molar-refractivity contribution in [3.8, 4) is 0 Å². The van der Waals surface area contributed by atoms with E-state index in [0.29, 0.717) is 12.1 Å². The number of halogens is 9. The van der Waals surface area contributed by atoms with Gasteiger partial charge in [0.2, 0.25) is 0 Å². The second-order valence-electron chi connectivity index (χ2n) is 9.88. The van der Waals surface area contributed by atoms with Gasteiger partial charge < -0.3 is 14.8 Å². The molecule has 0 aromatic heterocycles. The number of hydrogen-bond acceptors (Lipinski definition) is 4. The van der Waals surface area contributed by atoms with E-state index in [9.17, 15) is 49.1 Å². The van der Waals surface area contributed by atoms with Gasteiger partial charge in [-0.15, -0.1) is 0 Å². The number of anilines is 1. The van der Waals surface area contributed by atoms with Crippen LogP contribution in [0.25, 0.3) is 0 Å². The standard InChI is InChI=1S/C27H27F9N2O4/c1-4-41-24(40)38-21-6-5-16(25(28,29)30)12-19(21)20(13-22(38)14(2)3)37-23(39)42-8-7-15-9-17(26(31,32)33)11-18(10-15)27(34,35)36/h5-6,9-12,14,20,22H,4,7-8,13H2,1-3H3,(H,37,39). The smallest absolute Gasteiger partial charge is 0.416 e. The van der Waals surface area contributed by atoms with Gasteiger partial charge in [-0.1, -0.05) is 13.8 Å². The van der Waals surface area contributed by atoms with E-state index in [-0.39, 0.29) is 36.3 Å². The van der Waals surface area contributed by atoms with E-state index in [1.54, 1.807) is 20.8 Å². The quantitative estimate of drug-likeness (QED) is 0.334. The monoisotopic (exact) mass is 614 g/mol. The highest BCUT2D eigenvalue weighted by atomic mass is 19.4. The number of carbonyl (C=O) groups excluding carboxylic acids is 2. The Labute approximate surface area is 234 Å². The summed E-state index contributed by atoms with van der Waals surface area (Å²) in [6, 6.07) is 1.93. The molecule has 0 saturated carbocycles. The number of alkyl halides is 9. The Hall–Kier alpha value is -3.65. The second-order valence-corrected chi connectivity index (χ2v) is 9.88. The van der Waals surface area contributed by atoms with Crippen molar-refractivity contribution in [3.63, 3.8) is 0 Å². The van der Waals surface area contributed by atoms with Crippen molar-refractivity contribution in [3.05, 3.63) is 64.2 Å². The molecule has 0 fully saturated rings. The van der Waals surface area contributed by atoms with E-state index in [1.165, 1.54) is 4.90 Å². The normalized spacial score (nSPS) is 17.6. The Kier molecular flexibility index (Phi) is 9.62. The molecule has 2 aromatic rings. The molecular weight excluding hydrogens is 587 g/mol. The molecule has 0 aliphatic carbocycles. The molecule has 0 spiro atoms. The Balaban J connectivity index is 1.84. The molecule has 6 nitrogen and oxygen atoms in total. The first-order valence-corrected chi connectivity index (χ1v) is 12.7. The van der Waals surface area contributed by atoms with E-state index in [2.05, 4.69) is 5.32 Å². The van der Waals surface area contributed by atoms with Crippen molar-refractivity contribution >= 4 is 17.9 Å². The highest BCUT2D eigenvalue weighted by molar-refractivity contribution is 5.90. The Morgan fingerprint density at radius 3 is 1.95 bits per heavy atom. The van der Waals surface area contributed by atoms with Gasteiger partial charge >= 0.3 is 30.7 Å². The number of benzene rings is 2. The first-order chi connectivity index (χ1) is 19.3. The highest BCUT2D eigenvalue weighted by Gasteiger charge is 2.41. The van der Waals surface area contributed by atoms with Crippen LogP contribution in [0.15, 0.2) is 36.4 Å². The minimum atomic E-state index is -5.05. The van der Waals surface area contributed by atoms with Crippen LogP contribution >= 0.6 is 0 Å². The van der Waals surface area contributed by atoms with Crippen molar-refractivity contribution in [2.75, 3.05) is 18.1 Å². The third-order valence-corrected chi connectivity index (χ3v) is 6.60. The Morgan fingerprint density at radius 1 is 0.881 bits per heavy atom. The number of nitrogens with one attached hydrogen (secondary N) is 1. The molecular formula is C27H27F9N2O4. The van der Waals surface area contributed by atoms with Gasteiger partial charge in [0.05, 0.1) is 41.6 Å². The third kappa shape index (κ3) is 7.79. The van der Waals surface area contributed by atoms with E-state index >= 15 is 0 Å². The van der Waals surface area contributed by atoms with Crippen LogP contribution in [0.1, 0.15) is 61.1 Å². The molecule has 3 rings (SSSR count). The maximum atomic E-state index is 13.5. The maximum Gasteiger partial charge on any atom is 0.416 e. The number of carbonyl (C=O) groups is 2. The second kappa shape index (κ2) is 12.3. The molecule has 1 aliphatic rings. The molecule has 2 aromatic carbocycles. The molecule has 15 heteroatoms. The largest absolute Gasteiger partial charge is 0.449 e. The lowest BCUT2D eigenvalue weighted by Gasteiger charge is -2.42. The van der Waals surface area contributed by atoms with Crippen molar-refractivity contribution in [1.29, 1.82) is 0 Å². The van der Waals surface area contributed by atoms with Crippen LogP contribution < -0.4 is 10.2 Å². The summed E-state index contributed by atoms with van der Waals surface area (Å²) in [5.41, 5.74) is -4.48. The van der Waals surface area contributed by atoms with Crippen molar-refractivity contribution in [2.45, 2.75) is 64.2 Å². The zero-order valence-electron chi connectivity index (χ0n) is 22.5. The summed E-state index contributed by atoms with van der Waals surface area (Å²) in [5.74, 6) is -0.242. The molecule has 0 bridgehead atoms. The van der Waals surface area contributed by atoms with Gasteiger partial charge in [-0.3, -0.25) is 4.90 Å². The molecule has 232 valence electrons. The summed E-state index contributed by atoms with van der Waals surface area (Å²) >= 11 is 0. The fourth-order valence-corrected chi connectivity index (χ4v) is 4.62. The van der Waals surface area contributed by atoms with Crippen LogP contribution in [0.2, 0.25) is 0 Å². The number of hydrogen-bond donors (Lipinski definition) is 1. The van der Waals surface area contributed by atoms with Crippen LogP contribution in [0.5, 0.6) is 0 Å². The van der Waals surface area contributed by atoms with Crippen molar-refractivity contribution < 1.29 is 58.6 Å². The Bertz CT molecular complexity index is 1260. The molecule has 1 aliphatic heterocycles. The molecule has 0 saturated heterocycles. The summed E-state index contributed by atoms with van der Waals surface area (Å²) in [6.45, 7) is 4.44. The predicted octanol–water partition coefficient (Wildman–Crippen LogP) is 8.14. The van der Waals surface area contributed by atoms with Gasteiger partial charge in [-0.25, -0.2) is 9.59 Å². The lowest BCUT2D eigenvalue weighted by atomic mass is 9.85. The molecule has 1 heterocycles. The maximum absolute atomic E-state index is 13.5. The number of ether oxygens (including phenoxy) is 2. The summed E-state index contributed by atoms with van der Waals surface area (Å²) < 4.78 is 129. The van der Waals surface area contributed by atoms with Crippen LogP contribution in [0, 0.1) is 5.92 Å². The molecule has 42 heavy (non-hydrogen) atoms. The molecule has 2 amide bonds. The topological polar surface area (TPSA) is 67.9 Å². The van der Waals surface area contributed by atoms with Crippen LogP contribution in [-0.2, 0) is 34.4 Å². The van der Waals surface area contributed by atoms with E-state index in [0.717, 1.165) is 18.2 Å². The number of nitrogens with zero attached hydrogens (tertiary/aromatic N) is 1. The van der Waals surface area contributed by atoms with Gasteiger partial charge in [0.1, 0.15) is 0 Å². The van der Waals surface area contributed by atoms with Crippen LogP contribution in [-0.4, -0.2) is 31.4 Å². The van der Waals surface area contributed by atoms with Crippen molar-refractivity contribution in [2.24, 2.45) is 5.92 Å². The summed E-state index contributed by atoms with van der Waals surface area (Å²) in [6.07, 6.45) is -17.4. The van der Waals surface area contributed by atoms with Gasteiger partial charge in [0.15, 0.2) is 0 Å². The SMILES string of the molecule is CCOC(=O)N1c2ccc(C(F)(F)F)cc2C(NC(=O)OCCc2cc(C(F)(F)F)cc(C(F)(F)F)c2)CC1C(C)C. The summed E-state index contributed by atoms with van der Waals surface area (Å²) in [7, 11) is 0. The lowest BCUT2D eigenvalue weighted by molar-refractivity contribution is -0.143. The molecule has 2 atom stereocenters. The van der Waals surface area contributed by atoms with E-state index in [4.69, 9.17) is 9.47 Å². The number of fused-ring (bicyclic) bond motifs is 1. The Morgan fingerprint density at radius 2 is 1.45 bits per heavy atom. The first-order valence-electron chi connectivity index (χ1n) is 12.7. The van der Waals surface area contributed by atoms with Gasteiger partial charge in [0, 0.05) is 12.5 Å². The fourth-order valence-electron chi connectivity index (χ4n) is 4.62. The minimum Gasteiger partial charge on any atom is -0.449 e. The minimum absolute atomic E-state index is 0.000459. The summed E-state index contributed by atoms with van der Waals surface area (Å²) in [5, 5.41) is 2.42. The zero-order valence-corrected chi connectivity index (χ0v) is 22.5. The third-order valence-electron chi connectivity index (χ3n) is 6.60. The lowest BCUT2D eigenvalue weighted by Crippen LogP contribution is -2.50. The molecule has 0 radical (unpaired) electrons. The fraction of sp³-hybridized carbons (Fsp3) is 0.481. The van der Waals surface area contributed by atoms with Gasteiger partial charge in [-0.2, -0.15) is 39.5 Å². The molecule has 2 unspecified atom stereocenters. The number of alkyl carbamates (subject to hydrolysis) is 1. The summed E-state index contributed by atoms with van der Waals surface area (Å²) in [4.78, 5) is 26.6. The van der Waals surface area contributed by atoms with Crippen LogP contribution in [0.3, 0.4) is 0 Å². The van der Waals surface area contributed by atoms with Crippen molar-refractivity contribution in [1.82, 2.24) is 5.32 Å². The highest BCUT2D eigenvalue weighted by Crippen LogP contribution is 2.43.